The van der Waals surface area contributed by atoms with Gasteiger partial charge in [-0.15, -0.1) is 0 Å². The van der Waals surface area contributed by atoms with Crippen LogP contribution in [-0.4, -0.2) is 34.9 Å². The van der Waals surface area contributed by atoms with E-state index in [0.717, 1.165) is 6.42 Å². The van der Waals surface area contributed by atoms with Gasteiger partial charge in [0.2, 0.25) is 0 Å². The van der Waals surface area contributed by atoms with Crippen molar-refractivity contribution in [3.63, 3.8) is 0 Å². The maximum atomic E-state index is 11.6. The Morgan fingerprint density at radius 3 is 2.04 bits per heavy atom. The van der Waals surface area contributed by atoms with E-state index < -0.39 is 0 Å². The van der Waals surface area contributed by atoms with Crippen LogP contribution in [0.4, 0.5) is 0 Å². The van der Waals surface area contributed by atoms with Crippen molar-refractivity contribution < 1.29 is 9.53 Å². The third kappa shape index (κ3) is 8.58. The van der Waals surface area contributed by atoms with E-state index in [4.69, 9.17) is 4.74 Å². The molecule has 0 aromatic carbocycles. The van der Waals surface area contributed by atoms with Gasteiger partial charge in [-0.05, 0) is 25.7 Å². The van der Waals surface area contributed by atoms with Gasteiger partial charge in [-0.1, -0.05) is 20.8 Å². The predicted molar refractivity (Wildman–Crippen MR) is 109 cm³/mol. The van der Waals surface area contributed by atoms with Crippen molar-refractivity contribution in [1.82, 2.24) is 4.47 Å². The van der Waals surface area contributed by atoms with Crippen LogP contribution in [0.1, 0.15) is 67.4 Å². The van der Waals surface area contributed by atoms with Crippen molar-refractivity contribution in [3.05, 3.63) is 17.7 Å². The fourth-order valence-corrected chi connectivity index (χ4v) is 3.08. The van der Waals surface area contributed by atoms with Crippen molar-refractivity contribution in [3.8, 4) is 0 Å². The Morgan fingerprint density at radius 2 is 1.75 bits per heavy atom. The van der Waals surface area contributed by atoms with Gasteiger partial charge in [0, 0.05) is 7.11 Å². The molecule has 0 spiro atoms. The fraction of sp³-hybridized carbons (Fsp3) is 0.789. The molecule has 1 aromatic rings. The fourth-order valence-electron chi connectivity index (χ4n) is 1.98. The molecule has 0 bridgehead atoms. The Bertz CT molecular complexity index is 502. The zero-order chi connectivity index (χ0) is 19.2. The molecule has 0 aliphatic carbocycles. The van der Waals surface area contributed by atoms with Gasteiger partial charge < -0.3 is 4.74 Å². The van der Waals surface area contributed by atoms with Gasteiger partial charge in [-0.2, -0.15) is 0 Å². The normalized spacial score (nSPS) is 12.9. The van der Waals surface area contributed by atoms with E-state index in [1.54, 1.807) is 7.11 Å². The molecule has 0 amide bonds. The van der Waals surface area contributed by atoms with E-state index >= 15 is 0 Å². The van der Waals surface area contributed by atoms with Crippen LogP contribution in [0.2, 0.25) is 0 Å². The number of aromatic nitrogens is 1. The van der Waals surface area contributed by atoms with Gasteiger partial charge in [0.25, 0.3) is 0 Å². The zero-order valence-corrected chi connectivity index (χ0v) is 18.4. The van der Waals surface area contributed by atoms with E-state index in [1.807, 2.05) is 30.6 Å². The van der Waals surface area contributed by atoms with E-state index in [1.165, 1.54) is 5.56 Å². The second-order valence-corrected chi connectivity index (χ2v) is 10.9. The van der Waals surface area contributed by atoms with E-state index in [-0.39, 0.29) is 16.2 Å². The number of nitrogens with zero attached hydrogens (tertiary/aromatic N) is 1. The van der Waals surface area contributed by atoms with Crippen LogP contribution in [0.25, 0.3) is 0 Å². The molecule has 0 saturated carbocycles. The van der Waals surface area contributed by atoms with Crippen molar-refractivity contribution >= 4 is 21.2 Å². The molecular formula is C19H37BNO2P. The molecule has 138 valence electrons. The standard InChI is InChI=1S/C10H17BNOP.C9H20O/c1-8-5-11-12(6-8)7-9(13)14-10(2,3)4;1-7-8(2,3)9(4,5)10-6/h5-6,14H,7H2,1-4H3;7H2,1-6H3. The van der Waals surface area contributed by atoms with Gasteiger partial charge in [0.05, 0.1) is 5.60 Å². The topological polar surface area (TPSA) is 31.2 Å². The molecule has 3 nitrogen and oxygen atoms in total. The Morgan fingerprint density at radius 1 is 1.21 bits per heavy atom. The molecule has 1 heterocycles. The van der Waals surface area contributed by atoms with Crippen LogP contribution >= 0.6 is 8.58 Å². The van der Waals surface area contributed by atoms with Crippen LogP contribution in [0.5, 0.6) is 0 Å². The van der Waals surface area contributed by atoms with Crippen molar-refractivity contribution in [1.29, 1.82) is 0 Å². The number of methoxy groups -OCH3 is 1. The second kappa shape index (κ2) is 9.29. The number of hydrogen-bond donors (Lipinski definition) is 0. The molecule has 1 atom stereocenters. The first-order valence-electron chi connectivity index (χ1n) is 8.72. The molecular weight excluding hydrogens is 316 g/mol. The van der Waals surface area contributed by atoms with Crippen LogP contribution in [0, 0.1) is 12.3 Å². The predicted octanol–water partition coefficient (Wildman–Crippen LogP) is 4.99. The van der Waals surface area contributed by atoms with E-state index in [2.05, 4.69) is 55.4 Å². The van der Waals surface area contributed by atoms with Gasteiger partial charge in [-0.25, -0.2) is 0 Å². The number of aryl methyl sites for hydroxylation is 1. The van der Waals surface area contributed by atoms with E-state index in [9.17, 15) is 4.79 Å². The van der Waals surface area contributed by atoms with Gasteiger partial charge >= 0.3 is 87.5 Å². The van der Waals surface area contributed by atoms with Gasteiger partial charge in [-0.3, -0.25) is 0 Å². The third-order valence-electron chi connectivity index (χ3n) is 4.76. The summed E-state index contributed by atoms with van der Waals surface area (Å²) in [7, 11) is 4.12. The SMILES string of the molecule is CCC(C)(C)C(C)(C)OC.Cc1cbn(CC(=O)PC(C)(C)C)c1. The first-order chi connectivity index (χ1) is 10.7. The summed E-state index contributed by atoms with van der Waals surface area (Å²) in [4.78, 5) is 11.6. The minimum atomic E-state index is -0.0122. The van der Waals surface area contributed by atoms with Crippen molar-refractivity contribution in [2.45, 2.75) is 86.0 Å². The van der Waals surface area contributed by atoms with Crippen molar-refractivity contribution in [2.24, 2.45) is 5.41 Å². The molecule has 0 saturated heterocycles. The number of ether oxygens (including phenoxy) is 1. The Balaban J connectivity index is 0.000000470. The third-order valence-corrected chi connectivity index (χ3v) is 5.95. The van der Waals surface area contributed by atoms with Crippen LogP contribution in [-0.2, 0) is 16.1 Å². The van der Waals surface area contributed by atoms with Gasteiger partial charge in [0.1, 0.15) is 0 Å². The second-order valence-electron chi connectivity index (χ2n) is 8.61. The Labute approximate surface area is 152 Å². The summed E-state index contributed by atoms with van der Waals surface area (Å²) in [6, 6.07) is 0. The molecule has 24 heavy (non-hydrogen) atoms. The first-order valence-corrected chi connectivity index (χ1v) is 9.72. The number of carbonyl (C=O) groups is 1. The molecule has 0 aliphatic heterocycles. The molecule has 1 rings (SSSR count). The van der Waals surface area contributed by atoms with Gasteiger partial charge in [0.15, 0.2) is 0 Å². The van der Waals surface area contributed by atoms with Crippen LogP contribution in [0.3, 0.4) is 0 Å². The number of rotatable bonds is 6. The molecule has 0 fully saturated rings. The summed E-state index contributed by atoms with van der Waals surface area (Å²) >= 11 is 0. The zero-order valence-electron chi connectivity index (χ0n) is 17.4. The Kier molecular flexibility index (Phi) is 9.11. The maximum absolute atomic E-state index is 11.6. The average Bonchev–Trinajstić information content (AvgIpc) is 2.82. The average molecular weight is 353 g/mol. The summed E-state index contributed by atoms with van der Waals surface area (Å²) in [6.45, 7) is 19.8. The molecule has 0 N–H and O–H groups in total. The van der Waals surface area contributed by atoms with Crippen LogP contribution in [0.15, 0.2) is 12.2 Å². The monoisotopic (exact) mass is 353 g/mol. The summed E-state index contributed by atoms with van der Waals surface area (Å²) in [5.41, 5.74) is 1.79. The molecule has 0 radical (unpaired) electrons. The molecule has 5 heteroatoms. The first kappa shape index (κ1) is 23.5. The Hall–Kier alpha value is -0.465. The number of hydrogen-bond acceptors (Lipinski definition) is 2. The summed E-state index contributed by atoms with van der Waals surface area (Å²) in [5.74, 6) is 2.02. The van der Waals surface area contributed by atoms with Crippen molar-refractivity contribution in [2.75, 3.05) is 7.11 Å². The quantitative estimate of drug-likeness (QED) is 0.675. The summed E-state index contributed by atoms with van der Waals surface area (Å²) in [5, 5.41) is 0.124. The van der Waals surface area contributed by atoms with Crippen LogP contribution < -0.4 is 0 Å². The summed E-state index contributed by atoms with van der Waals surface area (Å²) < 4.78 is 7.35. The summed E-state index contributed by atoms with van der Waals surface area (Å²) in [6.07, 6.45) is 3.15. The minimum absolute atomic E-state index is 0.0122. The molecule has 1 unspecified atom stereocenters. The molecule has 1 aromatic heterocycles. The van der Waals surface area contributed by atoms with E-state index in [0.29, 0.717) is 20.6 Å². The molecule has 0 aliphatic rings. The number of carbonyl (C=O) groups excluding carboxylic acids is 1.